The van der Waals surface area contributed by atoms with Gasteiger partial charge in [0.1, 0.15) is 0 Å². The lowest BCUT2D eigenvalue weighted by Gasteiger charge is -2.31. The van der Waals surface area contributed by atoms with Gasteiger partial charge >= 0.3 is 0 Å². The topological polar surface area (TPSA) is 42.1 Å². The molecule has 3 nitrogen and oxygen atoms in total. The number of likely N-dealkylation sites (tertiary alicyclic amines) is 1. The van der Waals surface area contributed by atoms with E-state index in [-0.39, 0.29) is 12.4 Å². The van der Waals surface area contributed by atoms with E-state index in [0.29, 0.717) is 0 Å². The van der Waals surface area contributed by atoms with Crippen LogP contribution in [-0.4, -0.2) is 29.5 Å². The van der Waals surface area contributed by atoms with Crippen molar-refractivity contribution in [1.82, 2.24) is 9.88 Å². The summed E-state index contributed by atoms with van der Waals surface area (Å²) >= 11 is 0. The Balaban J connectivity index is 0.00000144. The third-order valence-corrected chi connectivity index (χ3v) is 3.42. The van der Waals surface area contributed by atoms with Crippen molar-refractivity contribution in [1.29, 1.82) is 0 Å². The molecule has 2 heterocycles. The van der Waals surface area contributed by atoms with Gasteiger partial charge in [-0.1, -0.05) is 6.07 Å². The van der Waals surface area contributed by atoms with Gasteiger partial charge in [-0.3, -0.25) is 9.88 Å². The minimum Gasteiger partial charge on any atom is -0.330 e. The quantitative estimate of drug-likeness (QED) is 0.898. The Bertz CT molecular complexity index is 318. The van der Waals surface area contributed by atoms with E-state index < -0.39 is 0 Å². The zero-order valence-electron chi connectivity index (χ0n) is 10.4. The molecule has 0 saturated carbocycles. The maximum atomic E-state index is 5.69. The standard InChI is InChI=1S/C13H21N3.ClH/c1-11-2-3-13(9-15-11)10-16-6-4-12(8-14)5-7-16;/h2-3,9,12H,4-8,10,14H2,1H3;1H. The minimum atomic E-state index is 0. The molecule has 1 aliphatic rings. The highest BCUT2D eigenvalue weighted by Crippen LogP contribution is 2.17. The summed E-state index contributed by atoms with van der Waals surface area (Å²) in [6.07, 6.45) is 4.48. The predicted molar refractivity (Wildman–Crippen MR) is 73.3 cm³/mol. The fourth-order valence-electron chi connectivity index (χ4n) is 2.23. The summed E-state index contributed by atoms with van der Waals surface area (Å²) in [6.45, 7) is 6.26. The van der Waals surface area contributed by atoms with Crippen molar-refractivity contribution in [3.05, 3.63) is 29.6 Å². The van der Waals surface area contributed by atoms with Crippen molar-refractivity contribution < 1.29 is 0 Å². The molecule has 0 radical (unpaired) electrons. The van der Waals surface area contributed by atoms with Crippen LogP contribution < -0.4 is 5.73 Å². The van der Waals surface area contributed by atoms with Crippen LogP contribution in [0.25, 0.3) is 0 Å². The van der Waals surface area contributed by atoms with Crippen molar-refractivity contribution >= 4 is 12.4 Å². The number of hydrogen-bond donors (Lipinski definition) is 1. The third kappa shape index (κ3) is 4.26. The first kappa shape index (κ1) is 14.4. The number of pyridine rings is 1. The molecule has 0 spiro atoms. The highest BCUT2D eigenvalue weighted by molar-refractivity contribution is 5.85. The molecule has 0 atom stereocenters. The number of hydrogen-bond acceptors (Lipinski definition) is 3. The van der Waals surface area contributed by atoms with Gasteiger partial charge in [0, 0.05) is 18.4 Å². The van der Waals surface area contributed by atoms with Gasteiger partial charge in [0.05, 0.1) is 0 Å². The van der Waals surface area contributed by atoms with Crippen LogP contribution in [0.2, 0.25) is 0 Å². The van der Waals surface area contributed by atoms with E-state index in [0.717, 1.165) is 24.7 Å². The second kappa shape index (κ2) is 6.94. The van der Waals surface area contributed by atoms with Crippen LogP contribution >= 0.6 is 12.4 Å². The van der Waals surface area contributed by atoms with Gasteiger partial charge in [-0.15, -0.1) is 12.4 Å². The molecule has 0 bridgehead atoms. The van der Waals surface area contributed by atoms with Gasteiger partial charge in [-0.05, 0) is 56.9 Å². The fraction of sp³-hybridized carbons (Fsp3) is 0.615. The Labute approximate surface area is 110 Å². The van der Waals surface area contributed by atoms with Crippen molar-refractivity contribution in [3.63, 3.8) is 0 Å². The summed E-state index contributed by atoms with van der Waals surface area (Å²) in [5, 5.41) is 0. The van der Waals surface area contributed by atoms with Crippen molar-refractivity contribution in [2.45, 2.75) is 26.3 Å². The van der Waals surface area contributed by atoms with Crippen LogP contribution in [0.3, 0.4) is 0 Å². The molecule has 2 rings (SSSR count). The van der Waals surface area contributed by atoms with Gasteiger partial charge < -0.3 is 5.73 Å². The Kier molecular flexibility index (Phi) is 5.89. The zero-order chi connectivity index (χ0) is 11.4. The SMILES string of the molecule is Cc1ccc(CN2CCC(CN)CC2)cn1.Cl. The number of halogens is 1. The Morgan fingerprint density at radius 2 is 2.06 bits per heavy atom. The van der Waals surface area contributed by atoms with E-state index in [9.17, 15) is 0 Å². The van der Waals surface area contributed by atoms with Gasteiger partial charge in [-0.25, -0.2) is 0 Å². The molecule has 1 aromatic rings. The van der Waals surface area contributed by atoms with E-state index in [1.54, 1.807) is 0 Å². The fourth-order valence-corrected chi connectivity index (χ4v) is 2.23. The van der Waals surface area contributed by atoms with Gasteiger partial charge in [0.25, 0.3) is 0 Å². The first-order valence-electron chi connectivity index (χ1n) is 6.12. The van der Waals surface area contributed by atoms with Crippen molar-refractivity contribution in [2.24, 2.45) is 11.7 Å². The van der Waals surface area contributed by atoms with Crippen LogP contribution in [0, 0.1) is 12.8 Å². The van der Waals surface area contributed by atoms with Gasteiger partial charge in [-0.2, -0.15) is 0 Å². The van der Waals surface area contributed by atoms with E-state index >= 15 is 0 Å². The molecule has 1 fully saturated rings. The number of nitrogens with zero attached hydrogens (tertiary/aromatic N) is 2. The largest absolute Gasteiger partial charge is 0.330 e. The summed E-state index contributed by atoms with van der Waals surface area (Å²) < 4.78 is 0. The van der Waals surface area contributed by atoms with E-state index in [1.165, 1.54) is 31.5 Å². The van der Waals surface area contributed by atoms with Crippen LogP contribution in [0.1, 0.15) is 24.1 Å². The minimum absolute atomic E-state index is 0. The number of piperidine rings is 1. The lowest BCUT2D eigenvalue weighted by Crippen LogP contribution is -2.35. The lowest BCUT2D eigenvalue weighted by molar-refractivity contribution is 0.180. The molecule has 0 unspecified atom stereocenters. The monoisotopic (exact) mass is 255 g/mol. The highest BCUT2D eigenvalue weighted by atomic mass is 35.5. The summed E-state index contributed by atoms with van der Waals surface area (Å²) in [6, 6.07) is 4.26. The Morgan fingerprint density at radius 3 is 2.59 bits per heavy atom. The molecule has 4 heteroatoms. The first-order chi connectivity index (χ1) is 7.78. The van der Waals surface area contributed by atoms with Crippen molar-refractivity contribution in [3.8, 4) is 0 Å². The van der Waals surface area contributed by atoms with E-state index in [2.05, 4.69) is 22.0 Å². The molecule has 2 N–H and O–H groups in total. The van der Waals surface area contributed by atoms with Crippen LogP contribution in [0.5, 0.6) is 0 Å². The van der Waals surface area contributed by atoms with E-state index in [1.807, 2.05) is 13.1 Å². The molecule has 1 aliphatic heterocycles. The van der Waals surface area contributed by atoms with Crippen LogP contribution in [0.4, 0.5) is 0 Å². The molecule has 0 amide bonds. The summed E-state index contributed by atoms with van der Waals surface area (Å²) in [7, 11) is 0. The molecule has 0 aliphatic carbocycles. The number of nitrogens with two attached hydrogens (primary N) is 1. The molecular weight excluding hydrogens is 234 g/mol. The molecule has 1 saturated heterocycles. The van der Waals surface area contributed by atoms with Crippen molar-refractivity contribution in [2.75, 3.05) is 19.6 Å². The van der Waals surface area contributed by atoms with E-state index in [4.69, 9.17) is 5.73 Å². The van der Waals surface area contributed by atoms with Gasteiger partial charge in [0.15, 0.2) is 0 Å². The second-order valence-corrected chi connectivity index (χ2v) is 4.76. The highest BCUT2D eigenvalue weighted by Gasteiger charge is 2.17. The zero-order valence-corrected chi connectivity index (χ0v) is 11.2. The molecular formula is C13H22ClN3. The molecule has 1 aromatic heterocycles. The Hall–Kier alpha value is -0.640. The lowest BCUT2D eigenvalue weighted by atomic mass is 9.97. The summed E-state index contributed by atoms with van der Waals surface area (Å²) in [5.74, 6) is 0.743. The normalized spacial score (nSPS) is 17.8. The average Bonchev–Trinajstić information content (AvgIpc) is 2.33. The second-order valence-electron chi connectivity index (χ2n) is 4.76. The van der Waals surface area contributed by atoms with Crippen LogP contribution in [-0.2, 0) is 6.54 Å². The number of aryl methyl sites for hydroxylation is 1. The molecule has 17 heavy (non-hydrogen) atoms. The summed E-state index contributed by atoms with van der Waals surface area (Å²) in [4.78, 5) is 6.83. The molecule has 0 aromatic carbocycles. The van der Waals surface area contributed by atoms with Crippen LogP contribution in [0.15, 0.2) is 18.3 Å². The maximum absolute atomic E-state index is 5.69. The van der Waals surface area contributed by atoms with Gasteiger partial charge in [0.2, 0.25) is 0 Å². The maximum Gasteiger partial charge on any atom is 0.0372 e. The predicted octanol–water partition coefficient (Wildman–Crippen LogP) is 1.98. The number of rotatable bonds is 3. The Morgan fingerprint density at radius 1 is 1.35 bits per heavy atom. The summed E-state index contributed by atoms with van der Waals surface area (Å²) in [5.41, 5.74) is 8.09. The number of aromatic nitrogens is 1. The average molecular weight is 256 g/mol. The third-order valence-electron chi connectivity index (χ3n) is 3.42. The smallest absolute Gasteiger partial charge is 0.0372 e. The molecule has 96 valence electrons. The first-order valence-corrected chi connectivity index (χ1v) is 6.12.